The van der Waals surface area contributed by atoms with Gasteiger partial charge in [-0.05, 0) is 38.8 Å². The van der Waals surface area contributed by atoms with E-state index in [-0.39, 0.29) is 0 Å². The number of aromatic amines is 1. The van der Waals surface area contributed by atoms with Crippen LogP contribution in [0, 0.1) is 6.92 Å². The number of H-pyrrole nitrogens is 1. The van der Waals surface area contributed by atoms with E-state index < -0.39 is 0 Å². The molecule has 1 unspecified atom stereocenters. The van der Waals surface area contributed by atoms with E-state index in [1.807, 2.05) is 12.4 Å². The average molecular weight is 353 g/mol. The minimum atomic E-state index is 0.308. The van der Waals surface area contributed by atoms with Gasteiger partial charge in [0, 0.05) is 47.7 Å². The standard InChI is InChI=1S/C19H23N5S/c1-13-10-22-18(25-13)14-11-21-17-16(14)15(4-8-20-17)24-9-6-19(12-24)5-2-3-7-23-19/h4,8,10-11,23H,2-3,5-7,9,12H2,1H3,(H,20,21). The van der Waals surface area contributed by atoms with Crippen molar-refractivity contribution in [3.63, 3.8) is 0 Å². The first-order chi connectivity index (χ1) is 12.2. The molecule has 0 bridgehead atoms. The zero-order valence-corrected chi connectivity index (χ0v) is 15.3. The zero-order valence-electron chi connectivity index (χ0n) is 14.5. The first-order valence-corrected chi connectivity index (χ1v) is 9.95. The quantitative estimate of drug-likeness (QED) is 0.737. The molecule has 2 aliphatic heterocycles. The van der Waals surface area contributed by atoms with Gasteiger partial charge in [0.2, 0.25) is 0 Å². The molecule has 3 aromatic rings. The number of piperidine rings is 1. The Hall–Kier alpha value is -1.92. The third kappa shape index (κ3) is 2.55. The van der Waals surface area contributed by atoms with E-state index in [4.69, 9.17) is 0 Å². The largest absolute Gasteiger partial charge is 0.369 e. The van der Waals surface area contributed by atoms with Crippen molar-refractivity contribution in [3.05, 3.63) is 29.5 Å². The lowest BCUT2D eigenvalue weighted by Crippen LogP contribution is -2.50. The SMILES string of the molecule is Cc1cnc(-c2c[nH]c3nccc(N4CCC5(CCCCN5)C4)c23)s1. The van der Waals surface area contributed by atoms with Crippen LogP contribution in [-0.2, 0) is 0 Å². The first-order valence-electron chi connectivity index (χ1n) is 9.13. The average Bonchev–Trinajstić information content (AvgIpc) is 3.34. The summed E-state index contributed by atoms with van der Waals surface area (Å²) in [7, 11) is 0. The summed E-state index contributed by atoms with van der Waals surface area (Å²) in [6, 6.07) is 2.17. The number of aryl methyl sites for hydroxylation is 1. The van der Waals surface area contributed by atoms with Crippen molar-refractivity contribution in [2.45, 2.75) is 38.1 Å². The third-order valence-corrected chi connectivity index (χ3v) is 6.63. The van der Waals surface area contributed by atoms with Gasteiger partial charge in [-0.3, -0.25) is 0 Å². The van der Waals surface area contributed by atoms with Gasteiger partial charge >= 0.3 is 0 Å². The summed E-state index contributed by atoms with van der Waals surface area (Å²) < 4.78 is 0. The molecule has 2 aliphatic rings. The summed E-state index contributed by atoms with van der Waals surface area (Å²) in [6.45, 7) is 5.46. The second-order valence-corrected chi connectivity index (χ2v) is 8.60. The highest BCUT2D eigenvalue weighted by Crippen LogP contribution is 2.40. The molecule has 1 spiro atoms. The molecule has 2 fully saturated rings. The monoisotopic (exact) mass is 353 g/mol. The summed E-state index contributed by atoms with van der Waals surface area (Å²) in [5.74, 6) is 0. The summed E-state index contributed by atoms with van der Waals surface area (Å²) in [5, 5.41) is 6.09. The molecule has 0 amide bonds. The number of hydrogen-bond acceptors (Lipinski definition) is 5. The first kappa shape index (κ1) is 15.3. The highest BCUT2D eigenvalue weighted by molar-refractivity contribution is 7.15. The zero-order chi connectivity index (χ0) is 16.9. The molecule has 5 heterocycles. The van der Waals surface area contributed by atoms with Gasteiger partial charge in [-0.2, -0.15) is 0 Å². The number of fused-ring (bicyclic) bond motifs is 1. The molecule has 2 saturated heterocycles. The third-order valence-electron chi connectivity index (χ3n) is 5.68. The van der Waals surface area contributed by atoms with Crippen molar-refractivity contribution in [1.82, 2.24) is 20.3 Å². The lowest BCUT2D eigenvalue weighted by atomic mass is 9.88. The van der Waals surface area contributed by atoms with Gasteiger partial charge in [0.15, 0.2) is 0 Å². The molecular weight excluding hydrogens is 330 g/mol. The van der Waals surface area contributed by atoms with E-state index in [0.717, 1.165) is 30.3 Å². The summed E-state index contributed by atoms with van der Waals surface area (Å²) in [6.07, 6.45) is 11.1. The maximum atomic E-state index is 4.60. The Morgan fingerprint density at radius 2 is 2.20 bits per heavy atom. The van der Waals surface area contributed by atoms with Crippen LogP contribution in [0.15, 0.2) is 24.7 Å². The number of thiazole rings is 1. The molecule has 5 rings (SSSR count). The Balaban J connectivity index is 1.56. The molecule has 0 saturated carbocycles. The minimum Gasteiger partial charge on any atom is -0.369 e. The topological polar surface area (TPSA) is 56.8 Å². The van der Waals surface area contributed by atoms with Crippen LogP contribution in [0.3, 0.4) is 0 Å². The van der Waals surface area contributed by atoms with Crippen molar-refractivity contribution >= 4 is 28.1 Å². The number of nitrogens with zero attached hydrogens (tertiary/aromatic N) is 3. The number of hydrogen-bond donors (Lipinski definition) is 2. The minimum absolute atomic E-state index is 0.308. The van der Waals surface area contributed by atoms with E-state index in [1.165, 1.54) is 47.2 Å². The summed E-state index contributed by atoms with van der Waals surface area (Å²) in [5.41, 5.74) is 3.73. The fraction of sp³-hybridized carbons (Fsp3) is 0.474. The van der Waals surface area contributed by atoms with E-state index in [1.54, 1.807) is 11.3 Å². The normalized spacial score (nSPS) is 23.8. The van der Waals surface area contributed by atoms with Crippen LogP contribution in [0.1, 0.15) is 30.6 Å². The van der Waals surface area contributed by atoms with Gasteiger partial charge in [0.1, 0.15) is 10.7 Å². The second kappa shape index (κ2) is 5.81. The number of nitrogens with one attached hydrogen (secondary N) is 2. The smallest absolute Gasteiger partial charge is 0.140 e. The van der Waals surface area contributed by atoms with Crippen LogP contribution >= 0.6 is 11.3 Å². The van der Waals surface area contributed by atoms with E-state index in [0.29, 0.717) is 5.54 Å². The Bertz CT molecular complexity index is 906. The highest BCUT2D eigenvalue weighted by Gasteiger charge is 2.39. The van der Waals surface area contributed by atoms with E-state index in [2.05, 4.69) is 44.4 Å². The summed E-state index contributed by atoms with van der Waals surface area (Å²) >= 11 is 1.74. The molecule has 1 atom stereocenters. The molecule has 130 valence electrons. The molecular formula is C19H23N5S. The second-order valence-electron chi connectivity index (χ2n) is 7.37. The van der Waals surface area contributed by atoms with Crippen LogP contribution < -0.4 is 10.2 Å². The van der Waals surface area contributed by atoms with Gasteiger partial charge in [0.25, 0.3) is 0 Å². The molecule has 0 aliphatic carbocycles. The molecule has 25 heavy (non-hydrogen) atoms. The molecule has 6 heteroatoms. The van der Waals surface area contributed by atoms with Gasteiger partial charge in [-0.15, -0.1) is 11.3 Å². The number of rotatable bonds is 2. The molecule has 5 nitrogen and oxygen atoms in total. The van der Waals surface area contributed by atoms with Crippen molar-refractivity contribution in [2.24, 2.45) is 0 Å². The van der Waals surface area contributed by atoms with Gasteiger partial charge in [0.05, 0.1) is 11.1 Å². The number of anilines is 1. The van der Waals surface area contributed by atoms with Crippen LogP contribution in [0.5, 0.6) is 0 Å². The maximum Gasteiger partial charge on any atom is 0.140 e. The Labute approximate surface area is 151 Å². The fourth-order valence-electron chi connectivity index (χ4n) is 4.41. The lowest BCUT2D eigenvalue weighted by Gasteiger charge is -2.35. The summed E-state index contributed by atoms with van der Waals surface area (Å²) in [4.78, 5) is 16.3. The van der Waals surface area contributed by atoms with Gasteiger partial charge < -0.3 is 15.2 Å². The molecule has 3 aromatic heterocycles. The predicted octanol–water partition coefficient (Wildman–Crippen LogP) is 3.72. The van der Waals surface area contributed by atoms with Crippen molar-refractivity contribution in [2.75, 3.05) is 24.5 Å². The number of aromatic nitrogens is 3. The maximum absolute atomic E-state index is 4.60. The Kier molecular flexibility index (Phi) is 3.57. The molecule has 0 aromatic carbocycles. The highest BCUT2D eigenvalue weighted by atomic mass is 32.1. The molecule has 2 N–H and O–H groups in total. The van der Waals surface area contributed by atoms with Crippen molar-refractivity contribution in [1.29, 1.82) is 0 Å². The van der Waals surface area contributed by atoms with Crippen LogP contribution in [-0.4, -0.2) is 40.1 Å². The van der Waals surface area contributed by atoms with E-state index in [9.17, 15) is 0 Å². The van der Waals surface area contributed by atoms with Gasteiger partial charge in [-0.25, -0.2) is 9.97 Å². The lowest BCUT2D eigenvalue weighted by molar-refractivity contribution is 0.280. The predicted molar refractivity (Wildman–Crippen MR) is 103 cm³/mol. The van der Waals surface area contributed by atoms with Crippen LogP contribution in [0.4, 0.5) is 5.69 Å². The number of pyridine rings is 1. The van der Waals surface area contributed by atoms with Gasteiger partial charge in [-0.1, -0.05) is 6.42 Å². The van der Waals surface area contributed by atoms with E-state index >= 15 is 0 Å². The molecule has 0 radical (unpaired) electrons. The van der Waals surface area contributed by atoms with Crippen molar-refractivity contribution < 1.29 is 0 Å². The Morgan fingerprint density at radius 3 is 3.00 bits per heavy atom. The van der Waals surface area contributed by atoms with Crippen LogP contribution in [0.2, 0.25) is 0 Å². The Morgan fingerprint density at radius 1 is 1.24 bits per heavy atom. The fourth-order valence-corrected chi connectivity index (χ4v) is 5.19. The van der Waals surface area contributed by atoms with Crippen molar-refractivity contribution in [3.8, 4) is 10.6 Å². The van der Waals surface area contributed by atoms with Crippen LogP contribution in [0.25, 0.3) is 21.6 Å².